The van der Waals surface area contributed by atoms with Crippen molar-refractivity contribution in [2.75, 3.05) is 13.1 Å². The third-order valence-electron chi connectivity index (χ3n) is 6.08. The number of hydrogen-bond donors (Lipinski definition) is 0. The fourth-order valence-electron chi connectivity index (χ4n) is 4.46. The number of hydrogen-bond acceptors (Lipinski definition) is 1. The lowest BCUT2D eigenvalue weighted by Gasteiger charge is -2.43. The molecule has 1 unspecified atom stereocenters. The van der Waals surface area contributed by atoms with Crippen LogP contribution in [-0.4, -0.2) is 24.0 Å². The fourth-order valence-corrected chi connectivity index (χ4v) is 4.46. The van der Waals surface area contributed by atoms with Crippen LogP contribution in [0.2, 0.25) is 0 Å². The van der Waals surface area contributed by atoms with E-state index in [0.717, 1.165) is 25.1 Å². The highest BCUT2D eigenvalue weighted by atomic mass is 19.4. The summed E-state index contributed by atoms with van der Waals surface area (Å²) in [6.45, 7) is 2.33. The molecule has 0 amide bonds. The van der Waals surface area contributed by atoms with Crippen molar-refractivity contribution in [2.45, 2.75) is 50.7 Å². The zero-order valence-electron chi connectivity index (χ0n) is 16.0. The van der Waals surface area contributed by atoms with Crippen LogP contribution >= 0.6 is 0 Å². The first-order chi connectivity index (χ1) is 13.5. The lowest BCUT2D eigenvalue weighted by molar-refractivity contribution is -0.137. The maximum absolute atomic E-state index is 12.9. The zero-order chi connectivity index (χ0) is 19.6. The number of benzene rings is 2. The van der Waals surface area contributed by atoms with E-state index in [1.165, 1.54) is 54.5 Å². The molecule has 1 saturated heterocycles. The molecule has 4 rings (SSSR count). The van der Waals surface area contributed by atoms with Gasteiger partial charge in [0.2, 0.25) is 0 Å². The van der Waals surface area contributed by atoms with Gasteiger partial charge in [-0.2, -0.15) is 13.2 Å². The number of nitrogens with zero attached hydrogens (tertiary/aromatic N) is 1. The quantitative estimate of drug-likeness (QED) is 0.593. The molecule has 1 saturated carbocycles. The van der Waals surface area contributed by atoms with Gasteiger partial charge in [-0.05, 0) is 79.6 Å². The van der Waals surface area contributed by atoms with Crippen LogP contribution in [0.4, 0.5) is 13.2 Å². The highest BCUT2D eigenvalue weighted by Gasteiger charge is 2.32. The van der Waals surface area contributed by atoms with Crippen molar-refractivity contribution in [3.8, 4) is 0 Å². The van der Waals surface area contributed by atoms with Crippen LogP contribution in [0.3, 0.4) is 0 Å². The average molecular weight is 385 g/mol. The summed E-state index contributed by atoms with van der Waals surface area (Å²) in [5.41, 5.74) is 4.35. The molecular weight excluding hydrogens is 359 g/mol. The first-order valence-electron chi connectivity index (χ1n) is 10.2. The molecule has 1 aliphatic heterocycles. The molecule has 0 bridgehead atoms. The van der Waals surface area contributed by atoms with Gasteiger partial charge in [0.1, 0.15) is 0 Å². The summed E-state index contributed by atoms with van der Waals surface area (Å²) in [4.78, 5) is 2.57. The van der Waals surface area contributed by atoms with E-state index in [0.29, 0.717) is 12.5 Å². The van der Waals surface area contributed by atoms with Gasteiger partial charge >= 0.3 is 6.18 Å². The highest BCUT2D eigenvalue weighted by molar-refractivity contribution is 5.72. The predicted octanol–water partition coefficient (Wildman–Crippen LogP) is 6.35. The van der Waals surface area contributed by atoms with Crippen LogP contribution in [-0.2, 0) is 12.6 Å². The number of allylic oxidation sites excluding steroid dienone is 1. The molecule has 28 heavy (non-hydrogen) atoms. The molecule has 2 fully saturated rings. The van der Waals surface area contributed by atoms with E-state index in [4.69, 9.17) is 0 Å². The van der Waals surface area contributed by atoms with Gasteiger partial charge in [-0.15, -0.1) is 0 Å². The zero-order valence-corrected chi connectivity index (χ0v) is 16.0. The first kappa shape index (κ1) is 19.3. The van der Waals surface area contributed by atoms with Crippen molar-refractivity contribution in [3.05, 3.63) is 76.9 Å². The Balaban J connectivity index is 1.70. The van der Waals surface area contributed by atoms with E-state index >= 15 is 0 Å². The van der Waals surface area contributed by atoms with Crippen LogP contribution in [0.25, 0.3) is 5.57 Å². The second-order valence-corrected chi connectivity index (χ2v) is 7.89. The second-order valence-electron chi connectivity index (χ2n) is 7.89. The number of rotatable bonds is 4. The molecule has 0 radical (unpaired) electrons. The Hall–Kier alpha value is -2.07. The predicted molar refractivity (Wildman–Crippen MR) is 107 cm³/mol. The van der Waals surface area contributed by atoms with E-state index in [9.17, 15) is 13.2 Å². The van der Waals surface area contributed by atoms with E-state index < -0.39 is 11.7 Å². The van der Waals surface area contributed by atoms with Crippen molar-refractivity contribution in [3.63, 3.8) is 0 Å². The van der Waals surface area contributed by atoms with E-state index in [-0.39, 0.29) is 0 Å². The Labute approximate surface area is 164 Å². The minimum absolute atomic E-state index is 0.493. The molecule has 2 aromatic rings. The standard InChI is InChI=1S/C24H26F3N/c25-24(26,27)20-13-11-18(12-14-20)17-22(19-7-2-1-3-8-19)21-9-4-5-10-23(21)28-15-6-16-28/h1-3,7-8,11-14,23H,4-6,9-10,15-17H2/b22-21-. The van der Waals surface area contributed by atoms with Gasteiger partial charge in [-0.25, -0.2) is 0 Å². The molecule has 1 atom stereocenters. The van der Waals surface area contributed by atoms with Crippen molar-refractivity contribution < 1.29 is 13.2 Å². The van der Waals surface area contributed by atoms with Crippen molar-refractivity contribution in [1.82, 2.24) is 4.90 Å². The molecule has 2 aliphatic rings. The smallest absolute Gasteiger partial charge is 0.297 e. The lowest BCUT2D eigenvalue weighted by atomic mass is 9.81. The molecule has 1 heterocycles. The van der Waals surface area contributed by atoms with Crippen molar-refractivity contribution in [2.24, 2.45) is 0 Å². The summed E-state index contributed by atoms with van der Waals surface area (Å²) < 4.78 is 38.7. The SMILES string of the molecule is FC(F)(F)c1ccc(C/C(=C2\CCCCC2N2CCC2)c2ccccc2)cc1. The largest absolute Gasteiger partial charge is 0.416 e. The van der Waals surface area contributed by atoms with E-state index in [1.54, 1.807) is 12.1 Å². The first-order valence-corrected chi connectivity index (χ1v) is 10.2. The van der Waals surface area contributed by atoms with Crippen LogP contribution in [0, 0.1) is 0 Å². The Morgan fingerprint density at radius 3 is 2.21 bits per heavy atom. The van der Waals surface area contributed by atoms with Crippen LogP contribution in [0.1, 0.15) is 48.8 Å². The monoisotopic (exact) mass is 385 g/mol. The minimum Gasteiger partial charge on any atom is -0.297 e. The third-order valence-corrected chi connectivity index (χ3v) is 6.08. The van der Waals surface area contributed by atoms with Crippen LogP contribution in [0.15, 0.2) is 60.2 Å². The molecule has 0 aromatic heterocycles. The normalized spacial score (nSPS) is 22.6. The Morgan fingerprint density at radius 2 is 1.61 bits per heavy atom. The average Bonchev–Trinajstić information content (AvgIpc) is 2.66. The van der Waals surface area contributed by atoms with Gasteiger partial charge in [0.15, 0.2) is 0 Å². The van der Waals surface area contributed by atoms with Gasteiger partial charge in [0, 0.05) is 6.04 Å². The summed E-state index contributed by atoms with van der Waals surface area (Å²) in [5, 5.41) is 0. The summed E-state index contributed by atoms with van der Waals surface area (Å²) in [6.07, 6.45) is 2.40. The molecule has 1 aliphatic carbocycles. The van der Waals surface area contributed by atoms with Gasteiger partial charge in [0.25, 0.3) is 0 Å². The van der Waals surface area contributed by atoms with Gasteiger partial charge in [-0.1, -0.05) is 48.9 Å². The van der Waals surface area contributed by atoms with Gasteiger partial charge in [0.05, 0.1) is 5.56 Å². The maximum Gasteiger partial charge on any atom is 0.416 e. The second kappa shape index (κ2) is 8.12. The Bertz CT molecular complexity index is 817. The Morgan fingerprint density at radius 1 is 0.893 bits per heavy atom. The molecule has 2 aromatic carbocycles. The van der Waals surface area contributed by atoms with E-state index in [2.05, 4.69) is 17.0 Å². The highest BCUT2D eigenvalue weighted by Crippen LogP contribution is 2.37. The molecule has 148 valence electrons. The van der Waals surface area contributed by atoms with Crippen LogP contribution < -0.4 is 0 Å². The molecule has 4 heteroatoms. The number of halogens is 3. The topological polar surface area (TPSA) is 3.24 Å². The van der Waals surface area contributed by atoms with Gasteiger partial charge in [-0.3, -0.25) is 4.90 Å². The molecule has 0 spiro atoms. The minimum atomic E-state index is -4.29. The number of alkyl halides is 3. The molecule has 0 N–H and O–H groups in total. The van der Waals surface area contributed by atoms with E-state index in [1.807, 2.05) is 18.2 Å². The fraction of sp³-hybridized carbons (Fsp3) is 0.417. The van der Waals surface area contributed by atoms with Gasteiger partial charge < -0.3 is 0 Å². The Kier molecular flexibility index (Phi) is 5.58. The van der Waals surface area contributed by atoms with Crippen molar-refractivity contribution in [1.29, 1.82) is 0 Å². The summed E-state index contributed by atoms with van der Waals surface area (Å²) >= 11 is 0. The summed E-state index contributed by atoms with van der Waals surface area (Å²) in [6, 6.07) is 16.5. The summed E-state index contributed by atoms with van der Waals surface area (Å²) in [7, 11) is 0. The third kappa shape index (κ3) is 4.17. The van der Waals surface area contributed by atoms with Crippen molar-refractivity contribution >= 4 is 5.57 Å². The molecule has 1 nitrogen and oxygen atoms in total. The summed E-state index contributed by atoms with van der Waals surface area (Å²) in [5.74, 6) is 0. The van der Waals surface area contributed by atoms with Crippen LogP contribution in [0.5, 0.6) is 0 Å². The molecular formula is C24H26F3N. The maximum atomic E-state index is 12.9. The number of likely N-dealkylation sites (tertiary alicyclic amines) is 1. The lowest BCUT2D eigenvalue weighted by Crippen LogP contribution is -2.47.